The molecular formula is C78H44N6S. The van der Waals surface area contributed by atoms with Crippen LogP contribution in [-0.4, -0.2) is 18.3 Å². The van der Waals surface area contributed by atoms with Crippen molar-refractivity contribution < 1.29 is 32.9 Å². The fourth-order valence-corrected chi connectivity index (χ4v) is 14.1. The number of para-hydroxylation sites is 6. The predicted molar refractivity (Wildman–Crippen MR) is 354 cm³/mol. The van der Waals surface area contributed by atoms with Gasteiger partial charge in [0.05, 0.1) is 104 Å². The number of aromatic nitrogens is 4. The Morgan fingerprint density at radius 2 is 0.718 bits per heavy atom. The minimum Gasteiger partial charge on any atom is -0.306 e. The summed E-state index contributed by atoms with van der Waals surface area (Å²) >= 11 is 1.30. The molecule has 0 spiro atoms. The first-order valence-corrected chi connectivity index (χ1v) is 27.5. The van der Waals surface area contributed by atoms with Crippen LogP contribution in [0.15, 0.2) is 266 Å². The maximum absolute atomic E-state index is 13.5. The van der Waals surface area contributed by atoms with Crippen LogP contribution in [0.2, 0.25) is 0 Å². The van der Waals surface area contributed by atoms with E-state index in [4.69, 9.17) is 2.74 Å². The second kappa shape index (κ2) is 18.0. The second-order valence-corrected chi connectivity index (χ2v) is 21.3. The number of fused-ring (bicyclic) bond motifs is 17. The highest BCUT2D eigenvalue weighted by Crippen LogP contribution is 2.51. The largest absolute Gasteiger partial charge is 0.306 e. The molecule has 5 aromatic heterocycles. The molecular weight excluding hydrogens is 1050 g/mol. The van der Waals surface area contributed by atoms with E-state index >= 15 is 0 Å². The molecule has 392 valence electrons. The van der Waals surface area contributed by atoms with Gasteiger partial charge in [0.1, 0.15) is 23.3 Å². The maximum atomic E-state index is 13.5. The van der Waals surface area contributed by atoms with Crippen LogP contribution in [0.4, 0.5) is 0 Å². The van der Waals surface area contributed by atoms with Gasteiger partial charge in [-0.15, -0.1) is 11.3 Å². The van der Waals surface area contributed by atoms with E-state index in [1.807, 2.05) is 115 Å². The Kier molecular flexibility index (Phi) is 6.25. The van der Waals surface area contributed by atoms with Crippen molar-refractivity contribution in [2.24, 2.45) is 0 Å². The Morgan fingerprint density at radius 1 is 0.318 bits per heavy atom. The second-order valence-electron chi connectivity index (χ2n) is 20.3. The lowest BCUT2D eigenvalue weighted by Gasteiger charge is -2.27. The average Bonchev–Trinajstić information content (AvgIpc) is 1.52. The number of thiophene rings is 1. The molecule has 13 aromatic carbocycles. The fourth-order valence-electron chi connectivity index (χ4n) is 12.8. The summed E-state index contributed by atoms with van der Waals surface area (Å²) in [6, 6.07) is 20.5. The van der Waals surface area contributed by atoms with Crippen molar-refractivity contribution in [3.63, 3.8) is 0 Å². The van der Waals surface area contributed by atoms with Gasteiger partial charge in [-0.25, -0.2) is 0 Å². The first kappa shape index (κ1) is 29.5. The summed E-state index contributed by atoms with van der Waals surface area (Å²) in [5.41, 5.74) is -5.68. The van der Waals surface area contributed by atoms with Crippen molar-refractivity contribution in [2.75, 3.05) is 0 Å². The lowest BCUT2D eigenvalue weighted by Crippen LogP contribution is -2.16. The van der Waals surface area contributed by atoms with Crippen molar-refractivity contribution in [1.29, 1.82) is 10.5 Å². The number of hydrogen-bond donors (Lipinski definition) is 0. The van der Waals surface area contributed by atoms with Gasteiger partial charge in [-0.3, -0.25) is 0 Å². The van der Waals surface area contributed by atoms with Gasteiger partial charge in [0, 0.05) is 58.6 Å². The van der Waals surface area contributed by atoms with Gasteiger partial charge < -0.3 is 18.3 Å². The molecule has 18 rings (SSSR count). The summed E-state index contributed by atoms with van der Waals surface area (Å²) in [5.74, 6) is 0. The van der Waals surface area contributed by atoms with Crippen LogP contribution >= 0.6 is 11.3 Å². The summed E-state index contributed by atoms with van der Waals surface area (Å²) in [5, 5.41) is 27.4. The Balaban J connectivity index is 1.23. The topological polar surface area (TPSA) is 67.3 Å². The number of benzene rings is 13. The third-order valence-electron chi connectivity index (χ3n) is 16.2. The maximum Gasteiger partial charge on any atom is 0.104 e. The fraction of sp³-hybridized carbons (Fsp3) is 0. The average molecular weight is 1120 g/mol. The number of rotatable bonds is 6. The Hall–Kier alpha value is -11.5. The number of nitriles is 2. The normalized spacial score (nSPS) is 15.9. The third-order valence-corrected chi connectivity index (χ3v) is 17.4. The van der Waals surface area contributed by atoms with Crippen LogP contribution in [0.25, 0.3) is 163 Å². The summed E-state index contributed by atoms with van der Waals surface area (Å²) < 4.78 is 237. The van der Waals surface area contributed by atoms with Crippen LogP contribution in [0.1, 0.15) is 44.0 Å². The molecule has 6 nitrogen and oxygen atoms in total. The standard InChI is InChI=1S/C78H44N6S/c79-45-63-73(81-65-33-12-5-25-53(65)54-26-6-13-34-66(54)81)74(82-67-35-14-7-27-55(67)56-28-8-15-36-68(56)82)64(46-80)76(75(63)83-69-37-16-9-29-57(69)58-30-10-17-38-70(58)83)84-71-44-48(50-23-3-4-24-51(50)52-32-19-21-47-20-1-2-22-49(47)52)40-41-59(71)61-42-43-62-60-31-11-18-39-72(60)85-78(62)77(61)84/h1-44H/i5D,6D,7D,8D,9D,10D,12D,13D,14D,15D,16D,17D,25D,26D,27D,28D,29D,30D,33D,34D,35D,36D,37D,38D. The minimum atomic E-state index is -0.987. The molecule has 0 N–H and O–H groups in total. The van der Waals surface area contributed by atoms with E-state index in [9.17, 15) is 40.7 Å². The zero-order valence-electron chi connectivity index (χ0n) is 67.6. The van der Waals surface area contributed by atoms with E-state index in [2.05, 4.69) is 12.1 Å². The van der Waals surface area contributed by atoms with Crippen LogP contribution in [0, 0.1) is 22.7 Å². The van der Waals surface area contributed by atoms with Crippen LogP contribution in [-0.2, 0) is 0 Å². The van der Waals surface area contributed by atoms with E-state index in [1.54, 1.807) is 10.6 Å². The highest BCUT2D eigenvalue weighted by Gasteiger charge is 2.35. The predicted octanol–water partition coefficient (Wildman–Crippen LogP) is 20.7. The third kappa shape index (κ3) is 6.50. The van der Waals surface area contributed by atoms with Gasteiger partial charge in [0.25, 0.3) is 0 Å². The van der Waals surface area contributed by atoms with E-state index < -0.39 is 244 Å². The molecule has 0 fully saturated rings. The minimum absolute atomic E-state index is 0.182. The molecule has 0 saturated heterocycles. The van der Waals surface area contributed by atoms with E-state index in [1.165, 1.54) is 11.3 Å². The van der Waals surface area contributed by atoms with Crippen LogP contribution < -0.4 is 0 Å². The van der Waals surface area contributed by atoms with Crippen molar-refractivity contribution in [2.45, 2.75) is 0 Å². The molecule has 0 aliphatic rings. The number of hydrogen-bond acceptors (Lipinski definition) is 3. The molecule has 18 aromatic rings. The van der Waals surface area contributed by atoms with Crippen molar-refractivity contribution in [3.8, 4) is 57.1 Å². The molecule has 0 radical (unpaired) electrons. The van der Waals surface area contributed by atoms with Crippen LogP contribution in [0.5, 0.6) is 0 Å². The van der Waals surface area contributed by atoms with Gasteiger partial charge in [0.2, 0.25) is 0 Å². The van der Waals surface area contributed by atoms with Gasteiger partial charge >= 0.3 is 0 Å². The van der Waals surface area contributed by atoms with Crippen molar-refractivity contribution in [1.82, 2.24) is 18.3 Å². The summed E-state index contributed by atoms with van der Waals surface area (Å²) in [4.78, 5) is 0. The van der Waals surface area contributed by atoms with Gasteiger partial charge in [0.15, 0.2) is 0 Å². The first-order chi connectivity index (χ1) is 52.1. The summed E-state index contributed by atoms with van der Waals surface area (Å²) in [6.45, 7) is 0. The highest BCUT2D eigenvalue weighted by atomic mass is 32.1. The molecule has 85 heavy (non-hydrogen) atoms. The van der Waals surface area contributed by atoms with E-state index in [0.717, 1.165) is 45.7 Å². The van der Waals surface area contributed by atoms with Crippen LogP contribution in [0.3, 0.4) is 0 Å². The molecule has 7 heteroatoms. The molecule has 5 heterocycles. The van der Waals surface area contributed by atoms with Crippen molar-refractivity contribution >= 4 is 130 Å². The Morgan fingerprint density at radius 3 is 1.24 bits per heavy atom. The SMILES string of the molecule is [2H]c1c([2H])c([2H])c2c(c1[2H])c1c([2H])c([2H])c([2H])c([2H])c1n2-c1c(C#N)c(-n2c3c([2H])c([2H])c([2H])c([2H])c3c3c([2H])c([2H])c([2H])c([2H])c32)c(-n2c3cc(-c4ccccc4-c4cccc5ccccc45)ccc3c3ccc4c5ccccc5sc4c32)c(C#N)c1-n1c2c([2H])c([2H])c([2H])c([2H])c2c2c([2H])c([2H])c([2H])c([2H])c21. The molecule has 0 atom stereocenters. The molecule has 0 unspecified atom stereocenters. The molecule has 0 amide bonds. The molecule has 0 bridgehead atoms. The van der Waals surface area contributed by atoms with Gasteiger partial charge in [-0.05, 0) is 81.4 Å². The van der Waals surface area contributed by atoms with Gasteiger partial charge in [-0.2, -0.15) is 10.5 Å². The zero-order valence-corrected chi connectivity index (χ0v) is 44.5. The molecule has 0 aliphatic heterocycles. The molecule has 0 saturated carbocycles. The Labute approximate surface area is 524 Å². The lowest BCUT2D eigenvalue weighted by molar-refractivity contribution is 1.03. The zero-order chi connectivity index (χ0) is 76.9. The summed E-state index contributed by atoms with van der Waals surface area (Å²) in [6.07, 6.45) is 0. The lowest BCUT2D eigenvalue weighted by atomic mass is 9.91. The molecule has 0 aliphatic carbocycles. The number of nitrogens with zero attached hydrogens (tertiary/aromatic N) is 6. The highest BCUT2D eigenvalue weighted by molar-refractivity contribution is 7.26. The van der Waals surface area contributed by atoms with Gasteiger partial charge in [-0.1, -0.05) is 218 Å². The van der Waals surface area contributed by atoms with E-state index in [0.29, 0.717) is 32.0 Å². The quantitative estimate of drug-likeness (QED) is 0.166. The van der Waals surface area contributed by atoms with Crippen molar-refractivity contribution in [3.05, 3.63) is 277 Å². The smallest absolute Gasteiger partial charge is 0.104 e. The monoisotopic (exact) mass is 1120 g/mol. The Bertz CT molecular complexity index is 7280. The summed E-state index contributed by atoms with van der Waals surface area (Å²) in [7, 11) is 0. The first-order valence-electron chi connectivity index (χ1n) is 38.7. The van der Waals surface area contributed by atoms with E-state index in [-0.39, 0.29) is 11.0 Å².